The maximum Gasteiger partial charge on any atom is 0.241 e. The van der Waals surface area contributed by atoms with Gasteiger partial charge in [-0.2, -0.15) is 0 Å². The number of hydrogen-bond acceptors (Lipinski definition) is 3. The van der Waals surface area contributed by atoms with E-state index in [2.05, 4.69) is 5.32 Å². The molecule has 1 atom stereocenters. The molecule has 0 saturated carbocycles. The van der Waals surface area contributed by atoms with Gasteiger partial charge in [0.25, 0.3) is 0 Å². The van der Waals surface area contributed by atoms with Gasteiger partial charge < -0.3 is 5.32 Å². The highest BCUT2D eigenvalue weighted by atomic mass is 16.6. The Bertz CT molecular complexity index is 479. The summed E-state index contributed by atoms with van der Waals surface area (Å²) in [5.41, 5.74) is 0.908. The average molecular weight is 230 g/mol. The number of nitrogens with zero attached hydrogens (tertiary/aromatic N) is 1. The number of anilines is 1. The summed E-state index contributed by atoms with van der Waals surface area (Å²) in [6, 6.07) is 9.74. The molecule has 1 aliphatic carbocycles. The van der Waals surface area contributed by atoms with E-state index >= 15 is 0 Å². The van der Waals surface area contributed by atoms with E-state index in [9.17, 15) is 10.1 Å². The number of allylic oxidation sites excluding steroid dienone is 1. The Labute approximate surface area is 99.8 Å². The van der Waals surface area contributed by atoms with E-state index in [4.69, 9.17) is 0 Å². The fourth-order valence-electron chi connectivity index (χ4n) is 1.64. The van der Waals surface area contributed by atoms with Crippen LogP contribution in [-0.4, -0.2) is 10.5 Å². The highest BCUT2D eigenvalue weighted by molar-refractivity contribution is 5.51. The van der Waals surface area contributed by atoms with Gasteiger partial charge in [0.2, 0.25) is 5.54 Å². The van der Waals surface area contributed by atoms with Crippen molar-refractivity contribution >= 4 is 5.69 Å². The van der Waals surface area contributed by atoms with Crippen molar-refractivity contribution in [2.75, 3.05) is 5.32 Å². The molecule has 0 aliphatic heterocycles. The molecule has 0 spiro atoms. The predicted octanol–water partition coefficient (Wildman–Crippen LogP) is 2.98. The Kier molecular flexibility index (Phi) is 2.95. The lowest BCUT2D eigenvalue weighted by atomic mass is 9.93. The monoisotopic (exact) mass is 230 g/mol. The SMILES string of the molecule is CC1([N+](=O)[O-])C=CC(Nc2ccccc2)=CC1. The quantitative estimate of drug-likeness (QED) is 0.641. The zero-order chi connectivity index (χ0) is 12.3. The number of nitro groups is 1. The summed E-state index contributed by atoms with van der Waals surface area (Å²) in [6.45, 7) is 1.62. The first-order chi connectivity index (χ1) is 8.10. The number of hydrogen-bond donors (Lipinski definition) is 1. The fraction of sp³-hybridized carbons (Fsp3) is 0.231. The third kappa shape index (κ3) is 2.53. The van der Waals surface area contributed by atoms with Crippen molar-refractivity contribution in [3.8, 4) is 0 Å². The van der Waals surface area contributed by atoms with Crippen molar-refractivity contribution in [1.82, 2.24) is 0 Å². The highest BCUT2D eigenvalue weighted by Gasteiger charge is 2.34. The van der Waals surface area contributed by atoms with Crippen LogP contribution in [0.4, 0.5) is 5.69 Å². The summed E-state index contributed by atoms with van der Waals surface area (Å²) >= 11 is 0. The molecular weight excluding hydrogens is 216 g/mol. The summed E-state index contributed by atoms with van der Waals surface area (Å²) in [6.07, 6.45) is 5.67. The van der Waals surface area contributed by atoms with E-state index in [0.717, 1.165) is 11.4 Å². The molecular formula is C13H14N2O2. The molecule has 1 aromatic rings. The van der Waals surface area contributed by atoms with Crippen molar-refractivity contribution in [2.24, 2.45) is 0 Å². The molecule has 2 rings (SSSR count). The molecule has 0 aromatic heterocycles. The maximum absolute atomic E-state index is 10.8. The molecule has 4 nitrogen and oxygen atoms in total. The van der Waals surface area contributed by atoms with E-state index < -0.39 is 5.54 Å². The minimum atomic E-state index is -0.970. The molecule has 0 radical (unpaired) electrons. The Morgan fingerprint density at radius 1 is 1.35 bits per heavy atom. The average Bonchev–Trinajstić information content (AvgIpc) is 2.33. The molecule has 1 unspecified atom stereocenters. The van der Waals surface area contributed by atoms with Crippen LogP contribution in [0.1, 0.15) is 13.3 Å². The molecule has 88 valence electrons. The normalized spacial score (nSPS) is 23.0. The van der Waals surface area contributed by atoms with Gasteiger partial charge in [0.1, 0.15) is 0 Å². The van der Waals surface area contributed by atoms with Crippen molar-refractivity contribution < 1.29 is 4.92 Å². The molecule has 17 heavy (non-hydrogen) atoms. The largest absolute Gasteiger partial charge is 0.356 e. The number of rotatable bonds is 3. The molecule has 1 N–H and O–H groups in total. The number of nitrogens with one attached hydrogen (secondary N) is 1. The Hall–Kier alpha value is -2.10. The summed E-state index contributed by atoms with van der Waals surface area (Å²) < 4.78 is 0. The van der Waals surface area contributed by atoms with Gasteiger partial charge in [0, 0.05) is 29.7 Å². The molecule has 0 amide bonds. The lowest BCUT2D eigenvalue weighted by Crippen LogP contribution is -2.33. The third-order valence-corrected chi connectivity index (χ3v) is 2.84. The molecule has 1 aliphatic rings. The van der Waals surface area contributed by atoms with Crippen LogP contribution in [0.2, 0.25) is 0 Å². The van der Waals surface area contributed by atoms with E-state index in [0.29, 0.717) is 6.42 Å². The first kappa shape index (κ1) is 11.4. The van der Waals surface area contributed by atoms with E-state index in [-0.39, 0.29) is 4.92 Å². The highest BCUT2D eigenvalue weighted by Crippen LogP contribution is 2.24. The van der Waals surface area contributed by atoms with Crippen LogP contribution in [0.25, 0.3) is 0 Å². The molecule has 0 heterocycles. The minimum absolute atomic E-state index is 0.251. The predicted molar refractivity (Wildman–Crippen MR) is 67.3 cm³/mol. The van der Waals surface area contributed by atoms with Crippen LogP contribution < -0.4 is 5.32 Å². The third-order valence-electron chi connectivity index (χ3n) is 2.84. The van der Waals surface area contributed by atoms with Gasteiger partial charge in [-0.3, -0.25) is 10.1 Å². The lowest BCUT2D eigenvalue weighted by molar-refractivity contribution is -0.549. The van der Waals surface area contributed by atoms with Gasteiger partial charge >= 0.3 is 0 Å². The van der Waals surface area contributed by atoms with E-state index in [1.54, 1.807) is 19.1 Å². The van der Waals surface area contributed by atoms with Crippen LogP contribution >= 0.6 is 0 Å². The van der Waals surface area contributed by atoms with Crippen molar-refractivity contribution in [3.05, 3.63) is 64.4 Å². The van der Waals surface area contributed by atoms with Crippen LogP contribution in [-0.2, 0) is 0 Å². The Morgan fingerprint density at radius 3 is 2.59 bits per heavy atom. The zero-order valence-electron chi connectivity index (χ0n) is 9.59. The van der Waals surface area contributed by atoms with Gasteiger partial charge in [0.15, 0.2) is 0 Å². The van der Waals surface area contributed by atoms with Gasteiger partial charge in [0.05, 0.1) is 0 Å². The van der Waals surface area contributed by atoms with Crippen molar-refractivity contribution in [2.45, 2.75) is 18.9 Å². The molecule has 4 heteroatoms. The first-order valence-corrected chi connectivity index (χ1v) is 5.46. The van der Waals surface area contributed by atoms with Crippen LogP contribution in [0.15, 0.2) is 54.3 Å². The van der Waals surface area contributed by atoms with Crippen LogP contribution in [0, 0.1) is 10.1 Å². The van der Waals surface area contributed by atoms with E-state index in [1.165, 1.54) is 0 Å². The smallest absolute Gasteiger partial charge is 0.241 e. The summed E-state index contributed by atoms with van der Waals surface area (Å²) in [5.74, 6) is 0. The second-order valence-corrected chi connectivity index (χ2v) is 4.30. The topological polar surface area (TPSA) is 55.2 Å². The lowest BCUT2D eigenvalue weighted by Gasteiger charge is -2.20. The second-order valence-electron chi connectivity index (χ2n) is 4.30. The van der Waals surface area contributed by atoms with Gasteiger partial charge in [-0.15, -0.1) is 0 Å². The van der Waals surface area contributed by atoms with Gasteiger partial charge in [-0.05, 0) is 24.3 Å². The van der Waals surface area contributed by atoms with Crippen molar-refractivity contribution in [1.29, 1.82) is 0 Å². The molecule has 1 aromatic carbocycles. The first-order valence-electron chi connectivity index (χ1n) is 5.46. The molecule has 0 saturated heterocycles. The fourth-order valence-corrected chi connectivity index (χ4v) is 1.64. The molecule has 0 bridgehead atoms. The maximum atomic E-state index is 10.8. The van der Waals surface area contributed by atoms with Crippen molar-refractivity contribution in [3.63, 3.8) is 0 Å². The van der Waals surface area contributed by atoms with Crippen LogP contribution in [0.5, 0.6) is 0 Å². The van der Waals surface area contributed by atoms with E-state index in [1.807, 2.05) is 36.4 Å². The number of benzene rings is 1. The zero-order valence-corrected chi connectivity index (χ0v) is 9.59. The van der Waals surface area contributed by atoms with Gasteiger partial charge in [-0.1, -0.05) is 24.3 Å². The number of para-hydroxylation sites is 1. The Morgan fingerprint density at radius 2 is 2.06 bits per heavy atom. The van der Waals surface area contributed by atoms with Gasteiger partial charge in [-0.25, -0.2) is 0 Å². The summed E-state index contributed by atoms with van der Waals surface area (Å²) in [7, 11) is 0. The molecule has 0 fully saturated rings. The second kappa shape index (κ2) is 4.41. The Balaban J connectivity index is 2.06. The summed E-state index contributed by atoms with van der Waals surface area (Å²) in [4.78, 5) is 10.6. The standard InChI is InChI=1S/C13H14N2O2/c1-13(15(16)17)9-7-12(8-10-13)14-11-5-3-2-4-6-11/h2-9,14H,10H2,1H3. The summed E-state index contributed by atoms with van der Waals surface area (Å²) in [5, 5.41) is 14.1. The van der Waals surface area contributed by atoms with Crippen LogP contribution in [0.3, 0.4) is 0 Å². The minimum Gasteiger partial charge on any atom is -0.356 e.